The van der Waals surface area contributed by atoms with Crippen molar-refractivity contribution in [2.24, 2.45) is 0 Å². The Morgan fingerprint density at radius 3 is 2.19 bits per heavy atom. The Labute approximate surface area is 246 Å². The number of nitrogens with one attached hydrogen (secondary N) is 1. The van der Waals surface area contributed by atoms with E-state index < -0.39 is 5.60 Å². The van der Waals surface area contributed by atoms with Crippen LogP contribution in [0.5, 0.6) is 0 Å². The van der Waals surface area contributed by atoms with Gasteiger partial charge in [0.15, 0.2) is 5.82 Å². The predicted molar refractivity (Wildman–Crippen MR) is 157 cm³/mol. The Hall–Kier alpha value is -4.34. The second-order valence-corrected chi connectivity index (χ2v) is 11.9. The van der Waals surface area contributed by atoms with Crippen LogP contribution in [0, 0.1) is 0 Å². The SMILES string of the molecule is CC(C)(C)OC(=O)N1CCC(N(C(=O)c2cnc(-c3ccc(CC(=O)NCc4cccnc4)cc3)nc2)C2CC2)CC1. The lowest BCUT2D eigenvalue weighted by Gasteiger charge is -2.39. The molecule has 3 aromatic rings. The van der Waals surface area contributed by atoms with Gasteiger partial charge in [-0.05, 0) is 63.6 Å². The smallest absolute Gasteiger partial charge is 0.410 e. The van der Waals surface area contributed by atoms with E-state index in [0.29, 0.717) is 43.9 Å². The van der Waals surface area contributed by atoms with Crippen molar-refractivity contribution in [2.45, 2.75) is 77.1 Å². The first kappa shape index (κ1) is 29.2. The van der Waals surface area contributed by atoms with Gasteiger partial charge in [0.2, 0.25) is 5.91 Å². The van der Waals surface area contributed by atoms with Gasteiger partial charge in [-0.1, -0.05) is 30.3 Å². The predicted octanol–water partition coefficient (Wildman–Crippen LogP) is 4.40. The summed E-state index contributed by atoms with van der Waals surface area (Å²) in [6.07, 6.45) is 10.00. The van der Waals surface area contributed by atoms with Gasteiger partial charge in [-0.3, -0.25) is 14.6 Å². The highest BCUT2D eigenvalue weighted by atomic mass is 16.6. The molecule has 5 rings (SSSR count). The second-order valence-electron chi connectivity index (χ2n) is 11.9. The van der Waals surface area contributed by atoms with Crippen LogP contribution in [-0.4, -0.2) is 73.4 Å². The second kappa shape index (κ2) is 12.7. The fraction of sp³-hybridized carbons (Fsp3) is 0.438. The van der Waals surface area contributed by atoms with E-state index in [1.54, 1.807) is 29.7 Å². The Bertz CT molecular complexity index is 1380. The largest absolute Gasteiger partial charge is 0.444 e. The van der Waals surface area contributed by atoms with Crippen LogP contribution in [0.3, 0.4) is 0 Å². The molecule has 1 aliphatic carbocycles. The fourth-order valence-corrected chi connectivity index (χ4v) is 5.10. The molecule has 0 unspecified atom stereocenters. The topological polar surface area (TPSA) is 118 Å². The van der Waals surface area contributed by atoms with E-state index in [-0.39, 0.29) is 36.4 Å². The number of likely N-dealkylation sites (tertiary alicyclic amines) is 1. The van der Waals surface area contributed by atoms with E-state index in [0.717, 1.165) is 29.5 Å². The summed E-state index contributed by atoms with van der Waals surface area (Å²) in [5.41, 5.74) is 2.57. The van der Waals surface area contributed by atoms with Crippen molar-refractivity contribution < 1.29 is 19.1 Å². The zero-order valence-electron chi connectivity index (χ0n) is 24.5. The molecule has 1 N–H and O–H groups in total. The molecule has 2 aliphatic rings. The van der Waals surface area contributed by atoms with Crippen molar-refractivity contribution in [3.8, 4) is 11.4 Å². The molecule has 0 bridgehead atoms. The maximum atomic E-state index is 13.6. The monoisotopic (exact) mass is 570 g/mol. The van der Waals surface area contributed by atoms with Gasteiger partial charge < -0.3 is 19.9 Å². The van der Waals surface area contributed by atoms with Crippen molar-refractivity contribution >= 4 is 17.9 Å². The number of aromatic nitrogens is 3. The maximum Gasteiger partial charge on any atom is 0.410 e. The van der Waals surface area contributed by atoms with E-state index in [2.05, 4.69) is 20.3 Å². The minimum atomic E-state index is -0.532. The number of amides is 3. The van der Waals surface area contributed by atoms with Gasteiger partial charge in [0.25, 0.3) is 5.91 Å². The van der Waals surface area contributed by atoms with Crippen LogP contribution in [0.1, 0.15) is 67.9 Å². The van der Waals surface area contributed by atoms with Gasteiger partial charge in [-0.15, -0.1) is 0 Å². The molecule has 1 saturated heterocycles. The molecule has 10 heteroatoms. The number of piperidine rings is 1. The summed E-state index contributed by atoms with van der Waals surface area (Å²) in [4.78, 5) is 55.1. The lowest BCUT2D eigenvalue weighted by Crippen LogP contribution is -2.50. The molecule has 220 valence electrons. The van der Waals surface area contributed by atoms with Crippen LogP contribution in [0.15, 0.2) is 61.2 Å². The normalized spacial score (nSPS) is 15.6. The molecule has 1 aromatic carbocycles. The summed E-state index contributed by atoms with van der Waals surface area (Å²) >= 11 is 0. The zero-order valence-corrected chi connectivity index (χ0v) is 24.5. The molecule has 1 saturated carbocycles. The number of hydrogen-bond donors (Lipinski definition) is 1. The van der Waals surface area contributed by atoms with Crippen LogP contribution in [0.4, 0.5) is 4.79 Å². The maximum absolute atomic E-state index is 13.6. The first-order valence-electron chi connectivity index (χ1n) is 14.5. The summed E-state index contributed by atoms with van der Waals surface area (Å²) < 4.78 is 5.52. The third-order valence-corrected chi connectivity index (χ3v) is 7.37. The molecule has 2 aromatic heterocycles. The number of hydrogen-bond acceptors (Lipinski definition) is 7. The number of carbonyl (C=O) groups is 3. The van der Waals surface area contributed by atoms with Gasteiger partial charge in [0, 0.05) is 62.1 Å². The van der Waals surface area contributed by atoms with E-state index in [1.807, 2.05) is 62.1 Å². The molecule has 0 radical (unpaired) electrons. The summed E-state index contributed by atoms with van der Waals surface area (Å²) in [5.74, 6) is 0.386. The third-order valence-electron chi connectivity index (χ3n) is 7.37. The number of rotatable bonds is 8. The van der Waals surface area contributed by atoms with Crippen molar-refractivity contribution in [1.29, 1.82) is 0 Å². The average Bonchev–Trinajstić information content (AvgIpc) is 3.82. The van der Waals surface area contributed by atoms with E-state index in [1.165, 1.54) is 0 Å². The Morgan fingerprint density at radius 1 is 0.929 bits per heavy atom. The summed E-state index contributed by atoms with van der Waals surface area (Å²) in [6.45, 7) is 7.15. The minimum Gasteiger partial charge on any atom is -0.444 e. The van der Waals surface area contributed by atoms with Gasteiger partial charge in [-0.2, -0.15) is 0 Å². The van der Waals surface area contributed by atoms with E-state index in [4.69, 9.17) is 4.74 Å². The van der Waals surface area contributed by atoms with Crippen LogP contribution < -0.4 is 5.32 Å². The molecule has 0 spiro atoms. The van der Waals surface area contributed by atoms with Gasteiger partial charge in [-0.25, -0.2) is 14.8 Å². The zero-order chi connectivity index (χ0) is 29.7. The molecule has 10 nitrogen and oxygen atoms in total. The summed E-state index contributed by atoms with van der Waals surface area (Å²) in [6, 6.07) is 11.6. The highest BCUT2D eigenvalue weighted by Crippen LogP contribution is 2.33. The number of carbonyl (C=O) groups excluding carboxylic acids is 3. The minimum absolute atomic E-state index is 0.0626. The van der Waals surface area contributed by atoms with Crippen LogP contribution in [0.25, 0.3) is 11.4 Å². The first-order chi connectivity index (χ1) is 20.2. The number of nitrogens with zero attached hydrogens (tertiary/aromatic N) is 5. The van der Waals surface area contributed by atoms with E-state index >= 15 is 0 Å². The molecule has 3 heterocycles. The molecule has 42 heavy (non-hydrogen) atoms. The standard InChI is InChI=1S/C32H38N6O4/c1-32(2,3)42-31(41)37-15-12-27(13-16-37)38(26-10-11-26)30(40)25-20-35-29(36-21-25)24-8-6-22(7-9-24)17-28(39)34-19-23-5-4-14-33-18-23/h4-9,14,18,20-21,26-27H,10-13,15-17,19H2,1-3H3,(H,34,39). The summed E-state index contributed by atoms with van der Waals surface area (Å²) in [7, 11) is 0. The fourth-order valence-electron chi connectivity index (χ4n) is 5.10. The lowest BCUT2D eigenvalue weighted by atomic mass is 10.0. The Morgan fingerprint density at radius 2 is 1.60 bits per heavy atom. The molecule has 3 amide bonds. The van der Waals surface area contributed by atoms with Crippen molar-refractivity contribution in [3.05, 3.63) is 77.9 Å². The highest BCUT2D eigenvalue weighted by molar-refractivity contribution is 5.94. The van der Waals surface area contributed by atoms with Crippen LogP contribution in [0.2, 0.25) is 0 Å². The average molecular weight is 571 g/mol. The van der Waals surface area contributed by atoms with Crippen LogP contribution >= 0.6 is 0 Å². The van der Waals surface area contributed by atoms with E-state index in [9.17, 15) is 14.4 Å². The first-order valence-corrected chi connectivity index (χ1v) is 14.5. The quantitative estimate of drug-likeness (QED) is 0.427. The van der Waals surface area contributed by atoms with Gasteiger partial charge in [0.05, 0.1) is 12.0 Å². The van der Waals surface area contributed by atoms with Gasteiger partial charge in [0.1, 0.15) is 5.60 Å². The third kappa shape index (κ3) is 7.69. The Balaban J connectivity index is 1.16. The molecular formula is C32H38N6O4. The summed E-state index contributed by atoms with van der Waals surface area (Å²) in [5, 5.41) is 2.91. The van der Waals surface area contributed by atoms with Crippen molar-refractivity contribution in [3.63, 3.8) is 0 Å². The molecule has 0 atom stereocenters. The van der Waals surface area contributed by atoms with Crippen molar-refractivity contribution in [1.82, 2.24) is 30.1 Å². The molecular weight excluding hydrogens is 532 g/mol. The number of ether oxygens (including phenoxy) is 1. The highest BCUT2D eigenvalue weighted by Gasteiger charge is 2.40. The Kier molecular flexibility index (Phi) is 8.80. The van der Waals surface area contributed by atoms with Crippen molar-refractivity contribution in [2.75, 3.05) is 13.1 Å². The molecule has 1 aliphatic heterocycles. The number of benzene rings is 1. The molecule has 2 fully saturated rings. The van der Waals surface area contributed by atoms with Crippen LogP contribution in [-0.2, 0) is 22.5 Å². The lowest BCUT2D eigenvalue weighted by molar-refractivity contribution is -0.120. The van der Waals surface area contributed by atoms with Gasteiger partial charge >= 0.3 is 6.09 Å². The number of pyridine rings is 1.